The second kappa shape index (κ2) is 3.75. The highest BCUT2D eigenvalue weighted by Gasteiger charge is 2.59. The number of aromatic nitrogens is 1. The van der Waals surface area contributed by atoms with E-state index in [2.05, 4.69) is 4.98 Å². The number of pyridine rings is 1. The highest BCUT2D eigenvalue weighted by molar-refractivity contribution is 6.32. The maximum absolute atomic E-state index is 12.8. The lowest BCUT2D eigenvalue weighted by Gasteiger charge is -2.20. The molecule has 0 aliphatic carbocycles. The third-order valence-corrected chi connectivity index (χ3v) is 2.01. The van der Waals surface area contributed by atoms with E-state index < -0.39 is 22.8 Å². The normalized spacial score (nSPS) is 13.0. The van der Waals surface area contributed by atoms with Gasteiger partial charge in [-0.15, -0.1) is 0 Å². The Bertz CT molecular complexity index is 376. The molecular formula is C7H2Cl2F5N. The van der Waals surface area contributed by atoms with Gasteiger partial charge in [0, 0.05) is 0 Å². The highest BCUT2D eigenvalue weighted by Crippen LogP contribution is 2.45. The zero-order chi connectivity index (χ0) is 11.9. The van der Waals surface area contributed by atoms with Crippen LogP contribution in [0.4, 0.5) is 22.0 Å². The molecule has 0 bridgehead atoms. The van der Waals surface area contributed by atoms with E-state index in [-0.39, 0.29) is 5.15 Å². The molecule has 1 aromatic heterocycles. The Kier molecular flexibility index (Phi) is 3.11. The van der Waals surface area contributed by atoms with E-state index in [0.717, 1.165) is 6.07 Å². The van der Waals surface area contributed by atoms with Crippen LogP contribution in [0, 0.1) is 0 Å². The lowest BCUT2D eigenvalue weighted by atomic mass is 10.1. The molecule has 1 rings (SSSR count). The predicted molar refractivity (Wildman–Crippen MR) is 44.2 cm³/mol. The topological polar surface area (TPSA) is 12.9 Å². The van der Waals surface area contributed by atoms with Crippen molar-refractivity contribution in [3.63, 3.8) is 0 Å². The molecule has 0 N–H and O–H groups in total. The van der Waals surface area contributed by atoms with Crippen molar-refractivity contribution in [1.82, 2.24) is 4.98 Å². The minimum Gasteiger partial charge on any atom is -0.224 e. The quantitative estimate of drug-likeness (QED) is 0.552. The van der Waals surface area contributed by atoms with E-state index in [1.54, 1.807) is 0 Å². The number of hydrogen-bond acceptors (Lipinski definition) is 1. The average molecular weight is 266 g/mol. The van der Waals surface area contributed by atoms with Gasteiger partial charge in [-0.1, -0.05) is 23.2 Å². The summed E-state index contributed by atoms with van der Waals surface area (Å²) in [6.45, 7) is 0. The summed E-state index contributed by atoms with van der Waals surface area (Å²) in [7, 11) is 0. The standard InChI is InChI=1S/C7H2Cl2F5N/c8-4-2-1-3(5(9)15-4)6(10,11)7(12,13)14/h1-2H. The molecule has 0 amide bonds. The second-order valence-electron chi connectivity index (χ2n) is 2.54. The van der Waals surface area contributed by atoms with Crippen LogP contribution >= 0.6 is 23.2 Å². The van der Waals surface area contributed by atoms with Crippen molar-refractivity contribution in [3.05, 3.63) is 28.0 Å². The number of nitrogens with zero attached hydrogens (tertiary/aromatic N) is 1. The van der Waals surface area contributed by atoms with Crippen molar-refractivity contribution in [2.24, 2.45) is 0 Å². The molecule has 0 aromatic carbocycles. The van der Waals surface area contributed by atoms with Gasteiger partial charge in [0.05, 0.1) is 5.56 Å². The Morgan fingerprint density at radius 3 is 1.93 bits per heavy atom. The van der Waals surface area contributed by atoms with Crippen LogP contribution in [0.1, 0.15) is 5.56 Å². The van der Waals surface area contributed by atoms with E-state index in [9.17, 15) is 22.0 Å². The summed E-state index contributed by atoms with van der Waals surface area (Å²) in [4.78, 5) is 3.10. The van der Waals surface area contributed by atoms with Crippen LogP contribution in [0.25, 0.3) is 0 Å². The van der Waals surface area contributed by atoms with E-state index in [1.165, 1.54) is 0 Å². The van der Waals surface area contributed by atoms with Gasteiger partial charge in [-0.2, -0.15) is 22.0 Å². The monoisotopic (exact) mass is 265 g/mol. The zero-order valence-corrected chi connectivity index (χ0v) is 8.26. The number of rotatable bonds is 1. The van der Waals surface area contributed by atoms with E-state index in [4.69, 9.17) is 23.2 Å². The SMILES string of the molecule is FC(F)(F)C(F)(F)c1ccc(Cl)nc1Cl. The third kappa shape index (κ3) is 2.31. The van der Waals surface area contributed by atoms with E-state index in [1.807, 2.05) is 0 Å². The van der Waals surface area contributed by atoms with Crippen molar-refractivity contribution >= 4 is 23.2 Å². The van der Waals surface area contributed by atoms with Gasteiger partial charge in [0.25, 0.3) is 0 Å². The van der Waals surface area contributed by atoms with Gasteiger partial charge in [-0.05, 0) is 12.1 Å². The summed E-state index contributed by atoms with van der Waals surface area (Å²) in [5, 5.41) is -1.23. The Morgan fingerprint density at radius 2 is 1.53 bits per heavy atom. The van der Waals surface area contributed by atoms with Gasteiger partial charge in [-0.25, -0.2) is 4.98 Å². The van der Waals surface area contributed by atoms with Crippen LogP contribution in [0.15, 0.2) is 12.1 Å². The Balaban J connectivity index is 3.28. The van der Waals surface area contributed by atoms with Crippen molar-refractivity contribution in [3.8, 4) is 0 Å². The minimum absolute atomic E-state index is 0.262. The van der Waals surface area contributed by atoms with Crippen molar-refractivity contribution < 1.29 is 22.0 Å². The smallest absolute Gasteiger partial charge is 0.224 e. The molecule has 0 saturated heterocycles. The molecule has 1 nitrogen and oxygen atoms in total. The molecule has 0 aliphatic rings. The van der Waals surface area contributed by atoms with Crippen LogP contribution in [-0.4, -0.2) is 11.2 Å². The summed E-state index contributed by atoms with van der Waals surface area (Å²) >= 11 is 10.4. The van der Waals surface area contributed by atoms with E-state index in [0.29, 0.717) is 6.07 Å². The molecule has 0 fully saturated rings. The van der Waals surface area contributed by atoms with Crippen LogP contribution in [0.5, 0.6) is 0 Å². The minimum atomic E-state index is -5.72. The maximum Gasteiger partial charge on any atom is 0.458 e. The van der Waals surface area contributed by atoms with E-state index >= 15 is 0 Å². The molecule has 0 aliphatic heterocycles. The van der Waals surface area contributed by atoms with Crippen LogP contribution in [0.2, 0.25) is 10.3 Å². The first-order valence-corrected chi connectivity index (χ1v) is 4.19. The van der Waals surface area contributed by atoms with Gasteiger partial charge >= 0.3 is 12.1 Å². The van der Waals surface area contributed by atoms with Gasteiger partial charge in [0.1, 0.15) is 10.3 Å². The first-order chi connectivity index (χ1) is 6.66. The number of hydrogen-bond donors (Lipinski definition) is 0. The van der Waals surface area contributed by atoms with Gasteiger partial charge in [-0.3, -0.25) is 0 Å². The lowest BCUT2D eigenvalue weighted by molar-refractivity contribution is -0.289. The molecule has 1 aromatic rings. The summed E-state index contributed by atoms with van der Waals surface area (Å²) in [5.41, 5.74) is -1.42. The highest BCUT2D eigenvalue weighted by atomic mass is 35.5. The Labute approximate surface area is 90.8 Å². The molecule has 15 heavy (non-hydrogen) atoms. The largest absolute Gasteiger partial charge is 0.458 e. The molecule has 0 unspecified atom stereocenters. The second-order valence-corrected chi connectivity index (χ2v) is 3.29. The van der Waals surface area contributed by atoms with Gasteiger partial charge in [0.2, 0.25) is 0 Å². The fourth-order valence-electron chi connectivity index (χ4n) is 0.799. The molecule has 8 heteroatoms. The summed E-state index contributed by atoms with van der Waals surface area (Å²) in [5.74, 6) is -5.04. The third-order valence-electron chi connectivity index (χ3n) is 1.51. The summed E-state index contributed by atoms with van der Waals surface area (Å²) in [6, 6.07) is 1.30. The average Bonchev–Trinajstić information content (AvgIpc) is 2.00. The fraction of sp³-hybridized carbons (Fsp3) is 0.286. The molecule has 0 spiro atoms. The molecular weight excluding hydrogens is 264 g/mol. The first kappa shape index (κ1) is 12.4. The first-order valence-electron chi connectivity index (χ1n) is 3.43. The number of halogens is 7. The predicted octanol–water partition coefficient (Wildman–Crippen LogP) is 4.04. The summed E-state index contributed by atoms with van der Waals surface area (Å²) in [6.07, 6.45) is -5.72. The van der Waals surface area contributed by atoms with Gasteiger partial charge in [0.15, 0.2) is 0 Å². The Hall–Kier alpha value is -0.620. The fourth-order valence-corrected chi connectivity index (χ4v) is 1.26. The van der Waals surface area contributed by atoms with Gasteiger partial charge < -0.3 is 0 Å². The molecule has 0 atom stereocenters. The number of alkyl halides is 5. The van der Waals surface area contributed by atoms with Crippen LogP contribution in [0.3, 0.4) is 0 Å². The molecule has 84 valence electrons. The molecule has 0 saturated carbocycles. The molecule has 1 heterocycles. The lowest BCUT2D eigenvalue weighted by Crippen LogP contribution is -2.34. The maximum atomic E-state index is 12.8. The summed E-state index contributed by atoms with van der Waals surface area (Å²) < 4.78 is 61.3. The molecule has 0 radical (unpaired) electrons. The van der Waals surface area contributed by atoms with Crippen LogP contribution < -0.4 is 0 Å². The Morgan fingerprint density at radius 1 is 1.00 bits per heavy atom. The van der Waals surface area contributed by atoms with Crippen molar-refractivity contribution in [1.29, 1.82) is 0 Å². The van der Waals surface area contributed by atoms with Crippen molar-refractivity contribution in [2.45, 2.75) is 12.1 Å². The zero-order valence-electron chi connectivity index (χ0n) is 6.75. The van der Waals surface area contributed by atoms with Crippen molar-refractivity contribution in [2.75, 3.05) is 0 Å². The van der Waals surface area contributed by atoms with Crippen LogP contribution in [-0.2, 0) is 5.92 Å².